The van der Waals surface area contributed by atoms with E-state index in [-0.39, 0.29) is 5.75 Å². The zero-order valence-electron chi connectivity index (χ0n) is 8.94. The highest BCUT2D eigenvalue weighted by molar-refractivity contribution is 5.46. The number of nitrogens with one attached hydrogen (secondary N) is 1. The highest BCUT2D eigenvalue weighted by atomic mass is 16.5. The third kappa shape index (κ3) is 1.30. The van der Waals surface area contributed by atoms with Gasteiger partial charge in [-0.1, -0.05) is 0 Å². The summed E-state index contributed by atoms with van der Waals surface area (Å²) in [6.45, 7) is 1.72. The summed E-state index contributed by atoms with van der Waals surface area (Å²) < 4.78 is 5.90. The highest BCUT2D eigenvalue weighted by Crippen LogP contribution is 2.48. The largest absolute Gasteiger partial charge is 0.508 e. The maximum atomic E-state index is 10.3. The first kappa shape index (κ1) is 9.93. The molecule has 4 heteroatoms. The van der Waals surface area contributed by atoms with E-state index >= 15 is 0 Å². The molecule has 0 radical (unpaired) electrons. The van der Waals surface area contributed by atoms with Crippen LogP contribution in [0.4, 0.5) is 0 Å². The minimum atomic E-state index is -0.628. The molecular formula is C12H15NO3. The van der Waals surface area contributed by atoms with E-state index in [9.17, 15) is 10.2 Å². The van der Waals surface area contributed by atoms with Crippen molar-refractivity contribution in [2.24, 2.45) is 0 Å². The first-order chi connectivity index (χ1) is 7.71. The van der Waals surface area contributed by atoms with Crippen LogP contribution in [0, 0.1) is 0 Å². The molecule has 86 valence electrons. The smallest absolute Gasteiger partial charge is 0.141 e. The number of phenolic OH excluding ortho intramolecular Hbond substituents is 1. The minimum absolute atomic E-state index is 0.174. The summed E-state index contributed by atoms with van der Waals surface area (Å²) in [5.41, 5.74) is 0.225. The van der Waals surface area contributed by atoms with Crippen LogP contribution in [0.25, 0.3) is 0 Å². The number of hydrogen-bond acceptors (Lipinski definition) is 4. The summed E-state index contributed by atoms with van der Waals surface area (Å²) in [7, 11) is 0. The molecule has 4 nitrogen and oxygen atoms in total. The summed E-state index contributed by atoms with van der Waals surface area (Å²) in [5.74, 6) is 0.875. The van der Waals surface area contributed by atoms with Crippen molar-refractivity contribution >= 4 is 0 Å². The number of aliphatic hydroxyl groups excluding tert-OH is 1. The Hall–Kier alpha value is -1.26. The number of fused-ring (bicyclic) bond motifs is 1. The Labute approximate surface area is 93.9 Å². The summed E-state index contributed by atoms with van der Waals surface area (Å²) in [4.78, 5) is 0. The highest BCUT2D eigenvalue weighted by Gasteiger charge is 2.48. The van der Waals surface area contributed by atoms with Gasteiger partial charge in [0.1, 0.15) is 23.2 Å². The Balaban J connectivity index is 1.99. The van der Waals surface area contributed by atoms with Gasteiger partial charge in [0.25, 0.3) is 0 Å². The lowest BCUT2D eigenvalue weighted by atomic mass is 9.85. The molecule has 3 N–H and O–H groups in total. The molecule has 1 fully saturated rings. The van der Waals surface area contributed by atoms with E-state index in [1.165, 1.54) is 0 Å². The van der Waals surface area contributed by atoms with Crippen LogP contribution in [0.3, 0.4) is 0 Å². The first-order valence-corrected chi connectivity index (χ1v) is 5.62. The van der Waals surface area contributed by atoms with E-state index in [1.54, 1.807) is 18.2 Å². The number of rotatable bonds is 0. The fraction of sp³-hybridized carbons (Fsp3) is 0.500. The van der Waals surface area contributed by atoms with E-state index in [2.05, 4.69) is 5.32 Å². The van der Waals surface area contributed by atoms with Gasteiger partial charge in [0, 0.05) is 18.4 Å². The lowest BCUT2D eigenvalue weighted by Crippen LogP contribution is -2.47. The van der Waals surface area contributed by atoms with Gasteiger partial charge >= 0.3 is 0 Å². The van der Waals surface area contributed by atoms with Crippen LogP contribution in [0.1, 0.15) is 24.5 Å². The quantitative estimate of drug-likeness (QED) is 0.610. The molecule has 0 aliphatic carbocycles. The molecule has 2 heterocycles. The second-order valence-corrected chi connectivity index (χ2v) is 4.54. The van der Waals surface area contributed by atoms with Crippen molar-refractivity contribution in [3.05, 3.63) is 23.8 Å². The predicted molar refractivity (Wildman–Crippen MR) is 58.5 cm³/mol. The van der Waals surface area contributed by atoms with Gasteiger partial charge in [-0.25, -0.2) is 0 Å². The van der Waals surface area contributed by atoms with Gasteiger partial charge in [0.05, 0.1) is 0 Å². The van der Waals surface area contributed by atoms with E-state index in [0.717, 1.165) is 25.9 Å². The number of phenols is 1. The lowest BCUT2D eigenvalue weighted by Gasteiger charge is -2.35. The Morgan fingerprint density at radius 3 is 2.81 bits per heavy atom. The normalized spacial score (nSPS) is 26.4. The maximum absolute atomic E-state index is 10.3. The number of hydrogen-bond donors (Lipinski definition) is 3. The van der Waals surface area contributed by atoms with E-state index in [1.807, 2.05) is 0 Å². The lowest BCUT2D eigenvalue weighted by molar-refractivity contribution is -0.0484. The number of ether oxygens (including phenoxy) is 1. The monoisotopic (exact) mass is 221 g/mol. The van der Waals surface area contributed by atoms with Crippen LogP contribution in [-0.2, 0) is 0 Å². The molecule has 1 saturated heterocycles. The number of aliphatic hydroxyl groups is 1. The van der Waals surface area contributed by atoms with Crippen LogP contribution < -0.4 is 10.1 Å². The van der Waals surface area contributed by atoms with Crippen LogP contribution in [0.2, 0.25) is 0 Å². The van der Waals surface area contributed by atoms with Crippen LogP contribution >= 0.6 is 0 Å². The molecule has 16 heavy (non-hydrogen) atoms. The van der Waals surface area contributed by atoms with Gasteiger partial charge in [0.15, 0.2) is 0 Å². The molecule has 2 aliphatic heterocycles. The molecule has 0 saturated carbocycles. The third-order valence-electron chi connectivity index (χ3n) is 3.55. The fourth-order valence-electron chi connectivity index (χ4n) is 2.63. The number of piperidine rings is 1. The molecule has 2 aliphatic rings. The summed E-state index contributed by atoms with van der Waals surface area (Å²) in [5, 5.41) is 23.0. The molecule has 1 spiro atoms. The maximum Gasteiger partial charge on any atom is 0.141 e. The topological polar surface area (TPSA) is 61.7 Å². The minimum Gasteiger partial charge on any atom is -0.508 e. The number of aromatic hydroxyl groups is 1. The summed E-state index contributed by atoms with van der Waals surface area (Å²) in [6, 6.07) is 4.91. The predicted octanol–water partition coefficient (Wildman–Crippen LogP) is 0.940. The van der Waals surface area contributed by atoms with Gasteiger partial charge < -0.3 is 20.3 Å². The van der Waals surface area contributed by atoms with E-state index in [0.29, 0.717) is 11.3 Å². The van der Waals surface area contributed by atoms with Crippen molar-refractivity contribution < 1.29 is 14.9 Å². The summed E-state index contributed by atoms with van der Waals surface area (Å²) in [6.07, 6.45) is 0.962. The molecule has 3 rings (SSSR count). The van der Waals surface area contributed by atoms with Gasteiger partial charge in [-0.2, -0.15) is 0 Å². The Morgan fingerprint density at radius 2 is 2.06 bits per heavy atom. The van der Waals surface area contributed by atoms with Crippen molar-refractivity contribution in [3.63, 3.8) is 0 Å². The third-order valence-corrected chi connectivity index (χ3v) is 3.55. The Morgan fingerprint density at radius 1 is 1.31 bits per heavy atom. The molecule has 1 aromatic rings. The molecule has 1 atom stereocenters. The second-order valence-electron chi connectivity index (χ2n) is 4.54. The van der Waals surface area contributed by atoms with Crippen LogP contribution in [-0.4, -0.2) is 28.9 Å². The zero-order valence-corrected chi connectivity index (χ0v) is 8.94. The van der Waals surface area contributed by atoms with Crippen LogP contribution in [0.5, 0.6) is 11.5 Å². The van der Waals surface area contributed by atoms with Crippen LogP contribution in [0.15, 0.2) is 18.2 Å². The fourth-order valence-corrected chi connectivity index (χ4v) is 2.63. The van der Waals surface area contributed by atoms with Gasteiger partial charge in [-0.3, -0.25) is 0 Å². The van der Waals surface area contributed by atoms with Crippen molar-refractivity contribution in [1.82, 2.24) is 5.32 Å². The molecule has 0 amide bonds. The van der Waals surface area contributed by atoms with E-state index in [4.69, 9.17) is 4.74 Å². The average Bonchev–Trinajstić information content (AvgIpc) is 2.55. The first-order valence-electron chi connectivity index (χ1n) is 5.62. The molecule has 1 unspecified atom stereocenters. The van der Waals surface area contributed by atoms with Gasteiger partial charge in [-0.15, -0.1) is 0 Å². The molecular weight excluding hydrogens is 206 g/mol. The van der Waals surface area contributed by atoms with Crippen molar-refractivity contribution in [3.8, 4) is 11.5 Å². The molecule has 0 bridgehead atoms. The van der Waals surface area contributed by atoms with Crippen molar-refractivity contribution in [1.29, 1.82) is 0 Å². The van der Waals surface area contributed by atoms with E-state index < -0.39 is 11.7 Å². The summed E-state index contributed by atoms with van der Waals surface area (Å²) >= 11 is 0. The van der Waals surface area contributed by atoms with Gasteiger partial charge in [0.2, 0.25) is 0 Å². The second kappa shape index (κ2) is 3.37. The Bertz CT molecular complexity index is 413. The van der Waals surface area contributed by atoms with Crippen molar-refractivity contribution in [2.75, 3.05) is 13.1 Å². The SMILES string of the molecule is Oc1ccc2c(c1)C(O)C1(CCNCC1)O2. The van der Waals surface area contributed by atoms with Crippen molar-refractivity contribution in [2.45, 2.75) is 24.5 Å². The molecule has 1 aromatic carbocycles. The average molecular weight is 221 g/mol. The molecule has 0 aromatic heterocycles. The zero-order chi connectivity index (χ0) is 11.2. The number of benzene rings is 1. The van der Waals surface area contributed by atoms with Gasteiger partial charge in [-0.05, 0) is 31.3 Å². The standard InChI is InChI=1S/C12H15NO3/c14-8-1-2-10-9(7-8)11(15)12(16-10)3-5-13-6-4-12/h1-2,7,11,13-15H,3-6H2. The Kier molecular flexibility index (Phi) is 2.09.